The van der Waals surface area contributed by atoms with E-state index in [0.717, 1.165) is 121 Å². The standard InChI is InChI=1S/C58H61IO11P2/c1-10-13-18-37-26-41(61-6)30-47-46-29-40(60-5)25-35(4)54(46)66-72(67-55(37)47)68-56-38(19-14-11-2)27-42(62-7)31-48(56)49-32-44(64-9)34-51(59)58(49)70-71-65-52-24-23-36-21-16-17-22-45(36)53(52)50-33-43(63-8)28-39(20-15-12-3)57(50)69-71/h16-17,21-34H,10-15,18-20H2,1-9H3. The number of aryl methyl sites for hydroxylation is 4. The van der Waals surface area contributed by atoms with E-state index < -0.39 is 16.5 Å². The third-order valence-corrected chi connectivity index (χ3v) is 15.8. The van der Waals surface area contributed by atoms with Crippen LogP contribution in [0.15, 0.2) is 114 Å². The average Bonchev–Trinajstić information content (AvgIpc) is 3.67. The van der Waals surface area contributed by atoms with E-state index in [1.807, 2.05) is 73.7 Å². The topological polar surface area (TPSA) is 117 Å². The van der Waals surface area contributed by atoms with E-state index in [-0.39, 0.29) is 0 Å². The molecule has 9 rings (SSSR count). The zero-order valence-corrected chi connectivity index (χ0v) is 46.3. The van der Waals surface area contributed by atoms with Gasteiger partial charge in [0.1, 0.15) is 56.8 Å². The lowest BCUT2D eigenvalue weighted by atomic mass is 9.97. The molecule has 376 valence electrons. The molecular formula is C58H61IO11P2. The van der Waals surface area contributed by atoms with E-state index in [9.17, 15) is 0 Å². The highest BCUT2D eigenvalue weighted by molar-refractivity contribution is 14.1. The van der Waals surface area contributed by atoms with E-state index in [1.165, 1.54) is 0 Å². The van der Waals surface area contributed by atoms with E-state index in [0.29, 0.717) is 68.6 Å². The van der Waals surface area contributed by atoms with Crippen LogP contribution in [0.1, 0.15) is 81.5 Å². The number of rotatable bonds is 19. The monoisotopic (exact) mass is 1120 g/mol. The second kappa shape index (κ2) is 22.8. The Hall–Kier alpha value is -6.07. The Morgan fingerprint density at radius 2 is 0.931 bits per heavy atom. The molecule has 2 aromatic heterocycles. The summed E-state index contributed by atoms with van der Waals surface area (Å²) in [5.74, 6) is 4.51. The predicted molar refractivity (Wildman–Crippen MR) is 300 cm³/mol. The molecule has 2 atom stereocenters. The van der Waals surface area contributed by atoms with Crippen molar-refractivity contribution in [2.45, 2.75) is 85.5 Å². The van der Waals surface area contributed by atoms with Crippen molar-refractivity contribution in [3.8, 4) is 51.4 Å². The third kappa shape index (κ3) is 10.4. The van der Waals surface area contributed by atoms with Crippen LogP contribution in [0.25, 0.3) is 65.8 Å². The lowest BCUT2D eigenvalue weighted by Gasteiger charge is -2.19. The number of methoxy groups -OCH3 is 5. The third-order valence-electron chi connectivity index (χ3n) is 13.0. The normalized spacial score (nSPS) is 11.9. The molecule has 0 saturated heterocycles. The molecule has 0 aliphatic heterocycles. The molecule has 11 nitrogen and oxygen atoms in total. The molecule has 0 spiro atoms. The smallest absolute Gasteiger partial charge is 0.453 e. The van der Waals surface area contributed by atoms with E-state index in [4.69, 9.17) is 49.5 Å². The Kier molecular flexibility index (Phi) is 16.1. The van der Waals surface area contributed by atoms with Gasteiger partial charge in [-0.2, -0.15) is 0 Å². The van der Waals surface area contributed by atoms with Gasteiger partial charge in [-0.3, -0.25) is 0 Å². The fraction of sp³-hybridized carbons (Fsp3) is 0.310. The lowest BCUT2D eigenvalue weighted by molar-refractivity contribution is 0.412. The first-order chi connectivity index (χ1) is 35.1. The molecule has 0 fully saturated rings. The summed E-state index contributed by atoms with van der Waals surface area (Å²) < 4.78 is 73.1. The van der Waals surface area contributed by atoms with Crippen LogP contribution in [0.5, 0.6) is 40.2 Å². The summed E-state index contributed by atoms with van der Waals surface area (Å²) in [6.07, 6.45) is 7.98. The number of halogens is 1. The second-order valence-corrected chi connectivity index (χ2v) is 20.9. The maximum atomic E-state index is 7.31. The maximum Gasteiger partial charge on any atom is 0.453 e. The van der Waals surface area contributed by atoms with E-state index >= 15 is 0 Å². The first-order valence-corrected chi connectivity index (χ1v) is 27.8. The van der Waals surface area contributed by atoms with Gasteiger partial charge >= 0.3 is 16.5 Å². The van der Waals surface area contributed by atoms with E-state index in [2.05, 4.69) is 73.7 Å². The molecule has 2 unspecified atom stereocenters. The summed E-state index contributed by atoms with van der Waals surface area (Å²) >= 11 is 2.30. The summed E-state index contributed by atoms with van der Waals surface area (Å²) in [6.45, 7) is 8.55. The Balaban J connectivity index is 1.32. The molecule has 72 heavy (non-hydrogen) atoms. The maximum absolute atomic E-state index is 7.31. The van der Waals surface area contributed by atoms with Gasteiger partial charge in [-0.05, 0) is 168 Å². The first kappa shape index (κ1) is 50.9. The number of hydrogen-bond donors (Lipinski definition) is 0. The molecule has 0 bridgehead atoms. The number of fused-ring (bicyclic) bond motifs is 8. The van der Waals surface area contributed by atoms with Crippen LogP contribution in [0, 0.1) is 10.5 Å². The van der Waals surface area contributed by atoms with Gasteiger partial charge < -0.3 is 49.5 Å². The summed E-state index contributed by atoms with van der Waals surface area (Å²) in [4.78, 5) is 0. The molecule has 0 radical (unpaired) electrons. The van der Waals surface area contributed by atoms with Crippen molar-refractivity contribution in [1.29, 1.82) is 0 Å². The first-order valence-electron chi connectivity index (χ1n) is 24.5. The molecule has 0 amide bonds. The van der Waals surface area contributed by atoms with Crippen LogP contribution in [0.2, 0.25) is 0 Å². The molecule has 9 aromatic rings. The van der Waals surface area contributed by atoms with Crippen molar-refractivity contribution >= 4 is 93.7 Å². The fourth-order valence-corrected chi connectivity index (χ4v) is 12.5. The van der Waals surface area contributed by atoms with Gasteiger partial charge in [-0.1, -0.05) is 70.4 Å². The highest BCUT2D eigenvalue weighted by atomic mass is 127. The largest absolute Gasteiger partial charge is 0.497 e. The highest BCUT2D eigenvalue weighted by Gasteiger charge is 2.26. The zero-order chi connectivity index (χ0) is 50.5. The molecule has 0 aliphatic rings. The molecular weight excluding hydrogens is 1060 g/mol. The molecule has 7 aromatic carbocycles. The Morgan fingerprint density at radius 1 is 0.458 bits per heavy atom. The van der Waals surface area contributed by atoms with Gasteiger partial charge in [0.25, 0.3) is 0 Å². The SMILES string of the molecule is CCCCc1cc(OC)cc(-c2cc(OC)cc(I)c2Op2oc3ccc4ccccc4c3c3cc(OC)cc(CCCC)c3o2)c1Op1oc2c(C)cc(OC)cc2c2cc(OC)cc(CCCC)c2o1. The van der Waals surface area contributed by atoms with Gasteiger partial charge in [0.2, 0.25) is 0 Å². The lowest BCUT2D eigenvalue weighted by Crippen LogP contribution is -1.99. The van der Waals surface area contributed by atoms with Crippen molar-refractivity contribution in [2.75, 3.05) is 35.5 Å². The summed E-state index contributed by atoms with van der Waals surface area (Å²) in [7, 11) is 4.08. The van der Waals surface area contributed by atoms with Gasteiger partial charge in [0, 0.05) is 32.7 Å². The van der Waals surface area contributed by atoms with Crippen molar-refractivity contribution in [3.05, 3.63) is 123 Å². The van der Waals surface area contributed by atoms with Crippen LogP contribution in [0.3, 0.4) is 0 Å². The molecule has 0 saturated carbocycles. The predicted octanol–water partition coefficient (Wildman–Crippen LogP) is 18.4. The Morgan fingerprint density at radius 3 is 1.56 bits per heavy atom. The minimum absolute atomic E-state index is 0.513. The number of hydrogen-bond acceptors (Lipinski definition) is 11. The van der Waals surface area contributed by atoms with Crippen molar-refractivity contribution in [1.82, 2.24) is 0 Å². The Bertz CT molecular complexity index is 3530. The highest BCUT2D eigenvalue weighted by Crippen LogP contribution is 2.52. The van der Waals surface area contributed by atoms with Gasteiger partial charge in [-0.25, -0.2) is 0 Å². The van der Waals surface area contributed by atoms with Crippen molar-refractivity contribution < 1.29 is 49.5 Å². The zero-order valence-electron chi connectivity index (χ0n) is 42.4. The summed E-state index contributed by atoms with van der Waals surface area (Å²) in [5, 5.41) is 5.57. The minimum atomic E-state index is -2.16. The average molecular weight is 1120 g/mol. The summed E-state index contributed by atoms with van der Waals surface area (Å²) in [5.41, 5.74) is 7.81. The van der Waals surface area contributed by atoms with Crippen LogP contribution in [-0.2, 0) is 19.3 Å². The van der Waals surface area contributed by atoms with E-state index in [1.54, 1.807) is 35.5 Å². The van der Waals surface area contributed by atoms with Crippen molar-refractivity contribution in [3.63, 3.8) is 0 Å². The number of benzene rings is 7. The molecule has 2 heterocycles. The molecule has 0 N–H and O–H groups in total. The van der Waals surface area contributed by atoms with Gasteiger partial charge in [-0.15, -0.1) is 0 Å². The minimum Gasteiger partial charge on any atom is -0.497 e. The van der Waals surface area contributed by atoms with Gasteiger partial charge in [0.05, 0.1) is 39.1 Å². The second-order valence-electron chi connectivity index (χ2n) is 17.8. The van der Waals surface area contributed by atoms with Crippen LogP contribution in [-0.4, -0.2) is 35.5 Å². The van der Waals surface area contributed by atoms with Crippen LogP contribution in [0.4, 0.5) is 0 Å². The molecule has 0 aliphatic carbocycles. The van der Waals surface area contributed by atoms with Gasteiger partial charge in [0.15, 0.2) is 5.75 Å². The van der Waals surface area contributed by atoms with Crippen molar-refractivity contribution in [2.24, 2.45) is 0 Å². The fourth-order valence-electron chi connectivity index (χ4n) is 9.23. The number of unbranched alkanes of at least 4 members (excludes halogenated alkanes) is 3. The number of ether oxygens (including phenoxy) is 5. The van der Waals surface area contributed by atoms with Crippen LogP contribution >= 0.6 is 39.1 Å². The Labute approximate surface area is 436 Å². The summed E-state index contributed by atoms with van der Waals surface area (Å²) in [6, 6.07) is 32.4. The van der Waals surface area contributed by atoms with Crippen LogP contribution < -0.4 is 32.7 Å². The molecule has 14 heteroatoms. The quantitative estimate of drug-likeness (QED) is 0.0720.